The molecular weight excluding hydrogens is 663 g/mol. The van der Waals surface area contributed by atoms with E-state index in [4.69, 9.17) is 0 Å². The molecule has 3 heteroatoms. The van der Waals surface area contributed by atoms with E-state index in [0.717, 1.165) is 25.8 Å². The second-order valence-electron chi connectivity index (χ2n) is 14.5. The quantitative estimate of drug-likeness (QED) is 0.143. The first kappa shape index (κ1) is 32.8. The topological polar surface area (TPSA) is 8.17 Å². The molecule has 0 unspecified atom stereocenters. The van der Waals surface area contributed by atoms with Gasteiger partial charge >= 0.3 is 0 Å². The predicted octanol–water partition coefficient (Wildman–Crippen LogP) is 13.3. The van der Waals surface area contributed by atoms with E-state index < -0.39 is 0 Å². The number of rotatable bonds is 8. The molecule has 1 aromatic heterocycles. The van der Waals surface area contributed by atoms with Gasteiger partial charge in [0.1, 0.15) is 0 Å². The molecule has 0 N–H and O–H groups in total. The van der Waals surface area contributed by atoms with Gasteiger partial charge in [-0.3, -0.25) is 0 Å². The summed E-state index contributed by atoms with van der Waals surface area (Å²) in [5.74, 6) is 0. The lowest BCUT2D eigenvalue weighted by atomic mass is 9.66. The van der Waals surface area contributed by atoms with Crippen molar-refractivity contribution in [3.8, 4) is 27.9 Å². The molecule has 1 aliphatic carbocycles. The van der Waals surface area contributed by atoms with Gasteiger partial charge in [0, 0.05) is 27.8 Å². The normalized spacial score (nSPS) is 13.7. The molecule has 0 spiro atoms. The number of fused-ring (bicyclic) bond motifs is 3. The van der Waals surface area contributed by atoms with Crippen molar-refractivity contribution in [1.29, 1.82) is 0 Å². The van der Waals surface area contributed by atoms with Crippen LogP contribution in [0.2, 0.25) is 0 Å². The first-order chi connectivity index (χ1) is 27.3. The standard InChI is InChI=1S/C52H39BN2/c1-4-12-37(13-5-1)39-24-29-45(30-25-39)54(52-35-33-49(53-52)42-14-6-2-7-15-42)46-31-26-40(27-32-46)38-20-22-41(23-21-38)43-28-34-51-48(36-43)47-18-10-11-19-50(47)55(51)44-16-8-3-9-17-44/h1-4,6-12,14-36,53H,5,13H2. The fourth-order valence-corrected chi connectivity index (χ4v) is 8.33. The summed E-state index contributed by atoms with van der Waals surface area (Å²) in [5, 5.41) is 2.53. The van der Waals surface area contributed by atoms with E-state index in [0.29, 0.717) is 0 Å². The Balaban J connectivity index is 0.941. The summed E-state index contributed by atoms with van der Waals surface area (Å²) < 4.78 is 2.37. The van der Waals surface area contributed by atoms with Crippen LogP contribution in [0.15, 0.2) is 212 Å². The smallest absolute Gasteiger partial charge is 0.214 e. The van der Waals surface area contributed by atoms with Gasteiger partial charge in [-0.1, -0.05) is 157 Å². The molecule has 2 nitrogen and oxygen atoms in total. The molecule has 0 radical (unpaired) electrons. The van der Waals surface area contributed by atoms with Gasteiger partial charge in [0.15, 0.2) is 0 Å². The minimum absolute atomic E-state index is 0.878. The molecule has 10 rings (SSSR count). The van der Waals surface area contributed by atoms with Gasteiger partial charge < -0.3 is 9.47 Å². The Labute approximate surface area is 323 Å². The average Bonchev–Trinajstić information content (AvgIpc) is 3.89. The van der Waals surface area contributed by atoms with E-state index in [9.17, 15) is 0 Å². The minimum atomic E-state index is 0.878. The van der Waals surface area contributed by atoms with Crippen LogP contribution in [0.1, 0.15) is 24.0 Å². The van der Waals surface area contributed by atoms with E-state index in [1.165, 1.54) is 83.2 Å². The van der Waals surface area contributed by atoms with Crippen LogP contribution < -0.4 is 4.90 Å². The van der Waals surface area contributed by atoms with Gasteiger partial charge in [0.25, 0.3) is 0 Å². The van der Waals surface area contributed by atoms with Crippen molar-refractivity contribution in [3.05, 3.63) is 223 Å². The van der Waals surface area contributed by atoms with Crippen molar-refractivity contribution in [3.63, 3.8) is 0 Å². The van der Waals surface area contributed by atoms with Crippen LogP contribution in [0.5, 0.6) is 0 Å². The number of nitrogens with zero attached hydrogens (tertiary/aromatic N) is 2. The van der Waals surface area contributed by atoms with E-state index in [1.807, 2.05) is 0 Å². The van der Waals surface area contributed by atoms with Crippen LogP contribution in [0.4, 0.5) is 11.4 Å². The molecule has 7 aromatic carbocycles. The molecule has 0 fully saturated rings. The fraction of sp³-hybridized carbons (Fsp3) is 0.0385. The van der Waals surface area contributed by atoms with E-state index in [1.54, 1.807) is 0 Å². The Bertz CT molecular complexity index is 2790. The fourth-order valence-electron chi connectivity index (χ4n) is 8.33. The van der Waals surface area contributed by atoms with E-state index in [-0.39, 0.29) is 0 Å². The first-order valence-corrected chi connectivity index (χ1v) is 19.3. The zero-order valence-electron chi connectivity index (χ0n) is 30.6. The first-order valence-electron chi connectivity index (χ1n) is 19.3. The summed E-state index contributed by atoms with van der Waals surface area (Å²) in [7, 11) is 0.878. The SMILES string of the molecule is B1C(c2ccccc2)=CC=C1N(c1ccc(C2=CC=CCC2)cc1)c1ccc(-c2ccc(-c3ccc4c(c3)c3ccccc3n4-c3ccccc3)cc2)cc1. The number of anilines is 2. The number of aromatic nitrogens is 1. The highest BCUT2D eigenvalue weighted by molar-refractivity contribution is 6.70. The third-order valence-electron chi connectivity index (χ3n) is 11.2. The maximum Gasteiger partial charge on any atom is 0.214 e. The maximum atomic E-state index is 2.42. The molecule has 0 amide bonds. The van der Waals surface area contributed by atoms with Crippen LogP contribution in [0.25, 0.3) is 60.8 Å². The van der Waals surface area contributed by atoms with Gasteiger partial charge in [0.2, 0.25) is 7.28 Å². The average molecular weight is 703 g/mol. The number of hydrogen-bond acceptors (Lipinski definition) is 1. The van der Waals surface area contributed by atoms with Crippen LogP contribution >= 0.6 is 0 Å². The van der Waals surface area contributed by atoms with Crippen LogP contribution in [0.3, 0.4) is 0 Å². The monoisotopic (exact) mass is 702 g/mol. The zero-order valence-corrected chi connectivity index (χ0v) is 30.6. The summed E-state index contributed by atoms with van der Waals surface area (Å²) in [6.45, 7) is 0. The zero-order chi connectivity index (χ0) is 36.6. The van der Waals surface area contributed by atoms with Gasteiger partial charge in [-0.2, -0.15) is 0 Å². The van der Waals surface area contributed by atoms with Gasteiger partial charge in [-0.15, -0.1) is 0 Å². The van der Waals surface area contributed by atoms with Crippen LogP contribution in [0, 0.1) is 0 Å². The molecule has 0 saturated carbocycles. The highest BCUT2D eigenvalue weighted by Gasteiger charge is 2.21. The van der Waals surface area contributed by atoms with Crippen molar-refractivity contribution in [2.45, 2.75) is 12.8 Å². The second kappa shape index (κ2) is 14.2. The van der Waals surface area contributed by atoms with Crippen molar-refractivity contribution >= 4 is 51.5 Å². The lowest BCUT2D eigenvalue weighted by Crippen LogP contribution is -2.20. The van der Waals surface area contributed by atoms with Crippen molar-refractivity contribution < 1.29 is 0 Å². The highest BCUT2D eigenvalue weighted by Crippen LogP contribution is 2.38. The lowest BCUT2D eigenvalue weighted by molar-refractivity contribution is 1.05. The summed E-state index contributed by atoms with van der Waals surface area (Å²) in [6.07, 6.45) is 13.4. The van der Waals surface area contributed by atoms with Crippen LogP contribution in [-0.2, 0) is 0 Å². The summed E-state index contributed by atoms with van der Waals surface area (Å²) in [4.78, 5) is 2.42. The Hall–Kier alpha value is -6.84. The maximum absolute atomic E-state index is 2.42. The highest BCUT2D eigenvalue weighted by atomic mass is 15.1. The lowest BCUT2D eigenvalue weighted by Gasteiger charge is -2.27. The number of allylic oxidation sites excluding steroid dienone is 6. The molecule has 0 bridgehead atoms. The van der Waals surface area contributed by atoms with Crippen LogP contribution in [-0.4, -0.2) is 11.8 Å². The number of benzene rings is 7. The van der Waals surface area contributed by atoms with Crippen molar-refractivity contribution in [1.82, 2.24) is 4.57 Å². The van der Waals surface area contributed by atoms with Gasteiger partial charge in [-0.25, -0.2) is 0 Å². The minimum Gasteiger partial charge on any atom is -0.323 e. The molecule has 2 heterocycles. The van der Waals surface area contributed by atoms with Gasteiger partial charge in [0.05, 0.1) is 11.0 Å². The Morgan fingerprint density at radius 2 is 1.04 bits per heavy atom. The molecule has 8 aromatic rings. The molecule has 55 heavy (non-hydrogen) atoms. The largest absolute Gasteiger partial charge is 0.323 e. The Morgan fingerprint density at radius 3 is 1.73 bits per heavy atom. The molecule has 260 valence electrons. The van der Waals surface area contributed by atoms with Crippen molar-refractivity contribution in [2.24, 2.45) is 0 Å². The second-order valence-corrected chi connectivity index (χ2v) is 14.5. The Kier molecular flexibility index (Phi) is 8.46. The molecule has 1 aliphatic heterocycles. The number of para-hydroxylation sites is 2. The Morgan fingerprint density at radius 1 is 0.455 bits per heavy atom. The third kappa shape index (κ3) is 6.24. The predicted molar refractivity (Wildman–Crippen MR) is 236 cm³/mol. The van der Waals surface area contributed by atoms with Crippen molar-refractivity contribution in [2.75, 3.05) is 4.90 Å². The molecule has 0 atom stereocenters. The summed E-state index contributed by atoms with van der Waals surface area (Å²) in [5.41, 5.74) is 17.4. The molecule has 2 aliphatic rings. The molecule has 0 saturated heterocycles. The van der Waals surface area contributed by atoms with E-state index >= 15 is 0 Å². The molecular formula is C52H39BN2. The third-order valence-corrected chi connectivity index (χ3v) is 11.2. The summed E-state index contributed by atoms with van der Waals surface area (Å²) in [6, 6.07) is 64.2. The number of hydrogen-bond donors (Lipinski definition) is 0. The van der Waals surface area contributed by atoms with E-state index in [2.05, 4.69) is 216 Å². The summed E-state index contributed by atoms with van der Waals surface area (Å²) >= 11 is 0. The van der Waals surface area contributed by atoms with Gasteiger partial charge in [-0.05, 0) is 112 Å².